The second-order valence-corrected chi connectivity index (χ2v) is 9.03. The van der Waals surface area contributed by atoms with Gasteiger partial charge in [-0.05, 0) is 16.7 Å². The van der Waals surface area contributed by atoms with E-state index in [2.05, 4.69) is 6.92 Å². The highest BCUT2D eigenvalue weighted by atomic mass is 33.5. The summed E-state index contributed by atoms with van der Waals surface area (Å²) in [6.07, 6.45) is 0. The van der Waals surface area contributed by atoms with Crippen molar-refractivity contribution in [2.24, 2.45) is 0 Å². The third-order valence-electron chi connectivity index (χ3n) is 0.523. The summed E-state index contributed by atoms with van der Waals surface area (Å²) >= 11 is 0. The molecule has 1 rings (SSSR count). The van der Waals surface area contributed by atoms with Crippen LogP contribution in [0.25, 0.3) is 0 Å². The zero-order valence-electron chi connectivity index (χ0n) is 4.33. The summed E-state index contributed by atoms with van der Waals surface area (Å²) in [5.74, 6) is 0. The third-order valence-corrected chi connectivity index (χ3v) is 9.42. The van der Waals surface area contributed by atoms with E-state index < -0.39 is 0 Å². The second kappa shape index (κ2) is 4.55. The molecule has 0 N–H and O–H groups in total. The van der Waals surface area contributed by atoms with Gasteiger partial charge in [0.05, 0.1) is 9.67 Å². The van der Waals surface area contributed by atoms with Crippen LogP contribution in [0.5, 0.6) is 0 Å². The van der Waals surface area contributed by atoms with Gasteiger partial charge in [0.2, 0.25) is 0 Å². The highest BCUT2D eigenvalue weighted by Gasteiger charge is 2.08. The van der Waals surface area contributed by atoms with Crippen molar-refractivity contribution in [2.45, 2.75) is 11.5 Å². The zero-order valence-corrected chi connectivity index (χ0v) is 8.41. The van der Waals surface area contributed by atoms with Crippen molar-refractivity contribution in [3.8, 4) is 0 Å². The average molecular weight is 202 g/mol. The highest BCUT2D eigenvalue weighted by Crippen LogP contribution is 2.51. The number of hydrogen-bond donors (Lipinski definition) is 0. The van der Waals surface area contributed by atoms with E-state index in [1.54, 1.807) is 0 Å². The highest BCUT2D eigenvalue weighted by molar-refractivity contribution is 9.13. The summed E-state index contributed by atoms with van der Waals surface area (Å²) in [4.78, 5) is 0. The van der Waals surface area contributed by atoms with Gasteiger partial charge in [-0.25, -0.2) is 0 Å². The maximum Gasteiger partial charge on any atom is 0.0689 e. The number of rotatable bonds is 0. The maximum absolute atomic E-state index is 2.25. The Hall–Kier alpha value is 1.75. The first-order valence-corrected chi connectivity index (χ1v) is 8.22. The molecule has 48 valence electrons. The molecule has 0 aromatic carbocycles. The van der Waals surface area contributed by atoms with Crippen LogP contribution in [-0.4, -0.2) is 9.67 Å². The van der Waals surface area contributed by atoms with Gasteiger partial charge in [0.1, 0.15) is 0 Å². The topological polar surface area (TPSA) is 0 Å². The van der Waals surface area contributed by atoms with E-state index in [-0.39, 0.29) is 0 Å². The molecule has 1 heterocycles. The molecule has 0 bridgehead atoms. The van der Waals surface area contributed by atoms with E-state index in [0.29, 0.717) is 0 Å². The van der Waals surface area contributed by atoms with Crippen LogP contribution in [-0.2, 0) is 0 Å². The van der Waals surface area contributed by atoms with Gasteiger partial charge in [-0.15, -0.1) is 0 Å². The van der Waals surface area contributed by atoms with Crippen molar-refractivity contribution in [2.75, 3.05) is 5.08 Å². The van der Waals surface area contributed by atoms with Gasteiger partial charge in [0, 0.05) is 0 Å². The van der Waals surface area contributed by atoms with Crippen LogP contribution in [0.4, 0.5) is 0 Å². The smallest absolute Gasteiger partial charge is 0.0689 e. The third kappa shape index (κ3) is 3.06. The monoisotopic (exact) mass is 202 g/mol. The van der Waals surface area contributed by atoms with Crippen molar-refractivity contribution in [3.05, 3.63) is 0 Å². The molecule has 1 atom stereocenters. The molecule has 1 unspecified atom stereocenters. The summed E-state index contributed by atoms with van der Waals surface area (Å²) < 4.78 is 0.764. The quantitative estimate of drug-likeness (QED) is 0.547. The summed E-state index contributed by atoms with van der Waals surface area (Å²) in [7, 11) is 9.76. The van der Waals surface area contributed by atoms with E-state index >= 15 is 0 Å². The van der Waals surface area contributed by atoms with Crippen LogP contribution in [0, 0.1) is 0 Å². The second-order valence-electron chi connectivity index (χ2n) is 1.18. The van der Waals surface area contributed by atoms with Gasteiger partial charge in [-0.2, -0.15) is 0 Å². The van der Waals surface area contributed by atoms with Crippen molar-refractivity contribution < 1.29 is 0 Å². The van der Waals surface area contributed by atoms with E-state index in [4.69, 9.17) is 0 Å². The molecule has 0 saturated carbocycles. The Bertz CT molecular complexity index is 56.7. The first-order chi connectivity index (χ1) is 3.89. The van der Waals surface area contributed by atoms with E-state index in [1.807, 2.05) is 53.0 Å². The summed E-state index contributed by atoms with van der Waals surface area (Å²) in [5.41, 5.74) is 0. The Kier molecular flexibility index (Phi) is 4.46. The molecule has 0 aromatic rings. The van der Waals surface area contributed by atoms with E-state index in [9.17, 15) is 0 Å². The van der Waals surface area contributed by atoms with Crippen LogP contribution in [0.2, 0.25) is 0 Å². The Balaban J connectivity index is 2.17. The number of hydrogen-bond acceptors (Lipinski definition) is 5. The molecular formula is C3H6S5. The summed E-state index contributed by atoms with van der Waals surface area (Å²) in [6.45, 7) is 2.25. The minimum atomic E-state index is 0.764. The molecule has 5 heteroatoms. The van der Waals surface area contributed by atoms with Crippen molar-refractivity contribution >= 4 is 53.0 Å². The van der Waals surface area contributed by atoms with Gasteiger partial charge in [0.15, 0.2) is 0 Å². The molecule has 1 fully saturated rings. The summed E-state index contributed by atoms with van der Waals surface area (Å²) in [5, 5.41) is 1.23. The van der Waals surface area contributed by atoms with Gasteiger partial charge >= 0.3 is 0 Å². The average Bonchev–Trinajstić information content (AvgIpc) is 1.94. The molecule has 1 aliphatic rings. The van der Waals surface area contributed by atoms with Gasteiger partial charge in [-0.1, -0.05) is 43.2 Å². The van der Waals surface area contributed by atoms with Crippen LogP contribution >= 0.6 is 53.0 Å². The first kappa shape index (κ1) is 7.85. The predicted molar refractivity (Wildman–Crippen MR) is 52.3 cm³/mol. The molecule has 0 amide bonds. The van der Waals surface area contributed by atoms with Crippen molar-refractivity contribution in [1.29, 1.82) is 0 Å². The van der Waals surface area contributed by atoms with Crippen LogP contribution in [0.15, 0.2) is 0 Å². The minimum Gasteiger partial charge on any atom is -0.0811 e. The fourth-order valence-electron chi connectivity index (χ4n) is 0.262. The predicted octanol–water partition coefficient (Wildman–Crippen LogP) is 3.71. The first-order valence-electron chi connectivity index (χ1n) is 2.13. The zero-order chi connectivity index (χ0) is 5.82. The van der Waals surface area contributed by atoms with Gasteiger partial charge in [0.25, 0.3) is 0 Å². The molecule has 0 radical (unpaired) electrons. The lowest BCUT2D eigenvalue weighted by molar-refractivity contribution is 1.45. The van der Waals surface area contributed by atoms with Crippen LogP contribution in [0.3, 0.4) is 0 Å². The Morgan fingerprint density at radius 2 is 2.12 bits per heavy atom. The summed E-state index contributed by atoms with van der Waals surface area (Å²) in [6, 6.07) is 0. The standard InChI is InChI=1S/C3H6S5/c1-3-6-4-2-5-8-7-3/h3H,2H2,1H3. The molecule has 1 aliphatic heterocycles. The van der Waals surface area contributed by atoms with Crippen molar-refractivity contribution in [3.63, 3.8) is 0 Å². The SMILES string of the molecule is CC1SSCSSS1. The molecule has 8 heavy (non-hydrogen) atoms. The Morgan fingerprint density at radius 1 is 1.25 bits per heavy atom. The minimum absolute atomic E-state index is 0.764. The van der Waals surface area contributed by atoms with E-state index in [0.717, 1.165) is 4.58 Å². The molecule has 0 aromatic heterocycles. The molecule has 1 saturated heterocycles. The maximum atomic E-state index is 2.25. The van der Waals surface area contributed by atoms with E-state index in [1.165, 1.54) is 5.08 Å². The van der Waals surface area contributed by atoms with Crippen LogP contribution < -0.4 is 0 Å². The molecule has 0 spiro atoms. The molecule has 0 aliphatic carbocycles. The molecule has 0 nitrogen and oxygen atoms in total. The lowest BCUT2D eigenvalue weighted by atomic mass is 11.0. The molecular weight excluding hydrogens is 196 g/mol. The fourth-order valence-corrected chi connectivity index (χ4v) is 9.70. The van der Waals surface area contributed by atoms with Gasteiger partial charge < -0.3 is 0 Å². The van der Waals surface area contributed by atoms with Gasteiger partial charge in [-0.3, -0.25) is 0 Å². The normalized spacial score (nSPS) is 31.9. The lowest BCUT2D eigenvalue weighted by Gasteiger charge is -1.99. The largest absolute Gasteiger partial charge is 0.0811 e. The van der Waals surface area contributed by atoms with Crippen molar-refractivity contribution in [1.82, 2.24) is 0 Å². The van der Waals surface area contributed by atoms with Crippen LogP contribution in [0.1, 0.15) is 6.92 Å². The Labute approximate surface area is 69.3 Å². The fraction of sp³-hybridized carbons (Fsp3) is 1.00. The Morgan fingerprint density at radius 3 is 3.00 bits per heavy atom. The lowest BCUT2D eigenvalue weighted by Crippen LogP contribution is -1.77.